The summed E-state index contributed by atoms with van der Waals surface area (Å²) in [6.07, 6.45) is -7.51. The number of anilines is 1. The second kappa shape index (κ2) is 7.33. The van der Waals surface area contributed by atoms with E-state index in [2.05, 4.69) is 0 Å². The van der Waals surface area contributed by atoms with Crippen LogP contribution in [-0.2, 0) is 4.79 Å². The van der Waals surface area contributed by atoms with Crippen molar-refractivity contribution in [3.63, 3.8) is 0 Å². The largest absolute Gasteiger partial charge is 0.460 e. The molecular formula is C13H5F13INO. The topological polar surface area (TPSA) is 29.1 Å². The highest BCUT2D eigenvalue weighted by atomic mass is 127. The fourth-order valence-electron chi connectivity index (χ4n) is 1.65. The molecule has 0 saturated heterocycles. The first-order chi connectivity index (χ1) is 12.6. The van der Waals surface area contributed by atoms with Gasteiger partial charge in [0.15, 0.2) is 0 Å². The van der Waals surface area contributed by atoms with E-state index in [4.69, 9.17) is 0 Å². The molecule has 2 nitrogen and oxygen atoms in total. The molecule has 0 bridgehead atoms. The van der Waals surface area contributed by atoms with Gasteiger partial charge in [-0.15, -0.1) is 0 Å². The predicted octanol–water partition coefficient (Wildman–Crippen LogP) is 5.97. The molecule has 0 saturated carbocycles. The molecule has 166 valence electrons. The van der Waals surface area contributed by atoms with E-state index in [9.17, 15) is 61.9 Å². The fraction of sp³-hybridized carbons (Fsp3) is 0.462. The predicted molar refractivity (Wildman–Crippen MR) is 78.6 cm³/mol. The molecule has 0 radical (unpaired) electrons. The van der Waals surface area contributed by atoms with E-state index in [0.717, 1.165) is 29.6 Å². The molecule has 0 fully saturated rings. The zero-order valence-electron chi connectivity index (χ0n) is 13.0. The van der Waals surface area contributed by atoms with Gasteiger partial charge >= 0.3 is 41.7 Å². The maximum absolute atomic E-state index is 13.6. The highest BCUT2D eigenvalue weighted by Crippen LogP contribution is 2.60. The Kier molecular flexibility index (Phi) is 6.46. The Bertz CT molecular complexity index is 757. The van der Waals surface area contributed by atoms with Crippen LogP contribution < -0.4 is 5.32 Å². The van der Waals surface area contributed by atoms with Crippen LogP contribution in [0, 0.1) is 3.57 Å². The first-order valence-corrected chi connectivity index (χ1v) is 7.75. The number of rotatable bonds is 6. The molecule has 0 aliphatic rings. The van der Waals surface area contributed by atoms with Gasteiger partial charge in [0.25, 0.3) is 0 Å². The van der Waals surface area contributed by atoms with Crippen molar-refractivity contribution in [1.82, 2.24) is 0 Å². The molecule has 0 aromatic heterocycles. The third-order valence-electron chi connectivity index (χ3n) is 3.32. The van der Waals surface area contributed by atoms with Gasteiger partial charge in [-0.25, -0.2) is 0 Å². The van der Waals surface area contributed by atoms with Gasteiger partial charge in [-0.05, 0) is 46.9 Å². The number of halogens is 14. The van der Waals surface area contributed by atoms with Crippen LogP contribution in [0.15, 0.2) is 24.3 Å². The summed E-state index contributed by atoms with van der Waals surface area (Å²) < 4.78 is 168. The molecule has 0 unspecified atom stereocenters. The molecule has 1 aromatic carbocycles. The molecule has 1 aromatic rings. The smallest absolute Gasteiger partial charge is 0.321 e. The van der Waals surface area contributed by atoms with Crippen molar-refractivity contribution in [1.29, 1.82) is 0 Å². The van der Waals surface area contributed by atoms with Crippen molar-refractivity contribution in [3.05, 3.63) is 27.8 Å². The first kappa shape index (κ1) is 25.5. The van der Waals surface area contributed by atoms with E-state index in [1.807, 2.05) is 0 Å². The SMILES string of the molecule is O=C(Nc1ccc(I)cc1)C(F)(F)C(F)(F)C(F)(F)C(F)(F)C(F)(F)C(F)(F)F. The van der Waals surface area contributed by atoms with Crippen LogP contribution in [0.2, 0.25) is 0 Å². The second-order valence-electron chi connectivity index (χ2n) is 5.33. The molecule has 0 heterocycles. The monoisotopic (exact) mass is 565 g/mol. The average molecular weight is 565 g/mol. The lowest BCUT2D eigenvalue weighted by molar-refractivity contribution is -0.435. The first-order valence-electron chi connectivity index (χ1n) is 6.67. The van der Waals surface area contributed by atoms with Crippen molar-refractivity contribution in [2.24, 2.45) is 0 Å². The summed E-state index contributed by atoms with van der Waals surface area (Å²) in [5, 5.41) is 0.948. The Morgan fingerprint density at radius 2 is 1.03 bits per heavy atom. The fourth-order valence-corrected chi connectivity index (χ4v) is 2.01. The number of carbonyl (C=O) groups is 1. The third kappa shape index (κ3) is 3.95. The highest BCUT2D eigenvalue weighted by molar-refractivity contribution is 14.1. The van der Waals surface area contributed by atoms with Crippen LogP contribution in [0.25, 0.3) is 0 Å². The van der Waals surface area contributed by atoms with Gasteiger partial charge in [-0.1, -0.05) is 0 Å². The molecule has 1 rings (SSSR count). The highest BCUT2D eigenvalue weighted by Gasteiger charge is 2.91. The quantitative estimate of drug-likeness (QED) is 0.335. The van der Waals surface area contributed by atoms with Crippen LogP contribution in [0.5, 0.6) is 0 Å². The Balaban J connectivity index is 3.37. The number of benzene rings is 1. The van der Waals surface area contributed by atoms with Crippen LogP contribution in [0.3, 0.4) is 0 Å². The van der Waals surface area contributed by atoms with Crippen molar-refractivity contribution >= 4 is 34.2 Å². The van der Waals surface area contributed by atoms with Gasteiger partial charge < -0.3 is 5.32 Å². The summed E-state index contributed by atoms with van der Waals surface area (Å²) in [6, 6.07) is 3.77. The summed E-state index contributed by atoms with van der Waals surface area (Å²) in [6.45, 7) is 0. The summed E-state index contributed by atoms with van der Waals surface area (Å²) in [7, 11) is 0. The van der Waals surface area contributed by atoms with Crippen molar-refractivity contribution in [3.8, 4) is 0 Å². The number of hydrogen-bond acceptors (Lipinski definition) is 1. The summed E-state index contributed by atoms with van der Waals surface area (Å²) in [5.41, 5.74) is -0.721. The average Bonchev–Trinajstić information content (AvgIpc) is 2.55. The van der Waals surface area contributed by atoms with Crippen LogP contribution in [-0.4, -0.2) is 41.7 Å². The van der Waals surface area contributed by atoms with Crippen LogP contribution in [0.1, 0.15) is 0 Å². The lowest BCUT2D eigenvalue weighted by Crippen LogP contribution is -2.71. The molecule has 0 spiro atoms. The van der Waals surface area contributed by atoms with Crippen LogP contribution >= 0.6 is 22.6 Å². The summed E-state index contributed by atoms with van der Waals surface area (Å²) in [5.74, 6) is -41.7. The Labute approximate surface area is 165 Å². The Morgan fingerprint density at radius 3 is 1.41 bits per heavy atom. The molecule has 29 heavy (non-hydrogen) atoms. The van der Waals surface area contributed by atoms with Gasteiger partial charge in [0.1, 0.15) is 0 Å². The van der Waals surface area contributed by atoms with Gasteiger partial charge in [-0.3, -0.25) is 4.79 Å². The minimum atomic E-state index is -8.05. The Hall–Kier alpha value is -1.49. The maximum atomic E-state index is 13.6. The van der Waals surface area contributed by atoms with E-state index in [-0.39, 0.29) is 0 Å². The van der Waals surface area contributed by atoms with E-state index < -0.39 is 47.4 Å². The molecular weight excluding hydrogens is 560 g/mol. The minimum Gasteiger partial charge on any atom is -0.321 e. The zero-order chi connectivity index (χ0) is 23.3. The Morgan fingerprint density at radius 1 is 0.655 bits per heavy atom. The van der Waals surface area contributed by atoms with E-state index in [1.165, 1.54) is 0 Å². The van der Waals surface area contributed by atoms with Crippen molar-refractivity contribution in [2.45, 2.75) is 35.8 Å². The van der Waals surface area contributed by atoms with E-state index in [0.29, 0.717) is 3.57 Å². The molecule has 16 heteroatoms. The minimum absolute atomic E-state index is 0.415. The van der Waals surface area contributed by atoms with Crippen LogP contribution in [0.4, 0.5) is 62.8 Å². The summed E-state index contributed by atoms with van der Waals surface area (Å²) in [4.78, 5) is 11.3. The third-order valence-corrected chi connectivity index (χ3v) is 4.04. The standard InChI is InChI=1S/C13H5F13INO/c14-8(15,7(29)28-6-3-1-5(27)2-4-6)9(16,17)10(18,19)11(20,21)12(22,23)13(24,25)26/h1-4H,(H,28,29). The molecule has 0 atom stereocenters. The van der Waals surface area contributed by atoms with Gasteiger partial charge in [0.2, 0.25) is 0 Å². The molecule has 0 aliphatic carbocycles. The zero-order valence-corrected chi connectivity index (χ0v) is 15.2. The van der Waals surface area contributed by atoms with Gasteiger partial charge in [0, 0.05) is 9.26 Å². The number of hydrogen-bond donors (Lipinski definition) is 1. The molecule has 1 amide bonds. The lowest BCUT2D eigenvalue weighted by Gasteiger charge is -2.39. The van der Waals surface area contributed by atoms with Gasteiger partial charge in [0.05, 0.1) is 0 Å². The normalized spacial score (nSPS) is 14.7. The molecule has 1 N–H and O–H groups in total. The van der Waals surface area contributed by atoms with E-state index >= 15 is 0 Å². The second-order valence-corrected chi connectivity index (χ2v) is 6.58. The summed E-state index contributed by atoms with van der Waals surface area (Å²) >= 11 is 1.67. The molecule has 0 aliphatic heterocycles. The maximum Gasteiger partial charge on any atom is 0.460 e. The number of carbonyl (C=O) groups excluding carboxylic acids is 1. The number of alkyl halides is 13. The van der Waals surface area contributed by atoms with E-state index in [1.54, 1.807) is 22.6 Å². The van der Waals surface area contributed by atoms with Gasteiger partial charge in [-0.2, -0.15) is 57.1 Å². The van der Waals surface area contributed by atoms with Crippen molar-refractivity contribution < 1.29 is 61.9 Å². The van der Waals surface area contributed by atoms with Crippen molar-refractivity contribution in [2.75, 3.05) is 5.32 Å². The lowest BCUT2D eigenvalue weighted by atomic mass is 9.93. The number of nitrogens with one attached hydrogen (secondary N) is 1. The number of amides is 1.